The second kappa shape index (κ2) is 9.29. The van der Waals surface area contributed by atoms with E-state index in [1.807, 2.05) is 29.2 Å². The normalized spacial score (nSPS) is 10.7. The number of hydrogen-bond acceptors (Lipinski definition) is 4. The lowest BCUT2D eigenvalue weighted by molar-refractivity contribution is -0.137. The summed E-state index contributed by atoms with van der Waals surface area (Å²) in [6, 6.07) is 11.7. The minimum Gasteiger partial charge on any atom is -0.481 e. The van der Waals surface area contributed by atoms with E-state index in [2.05, 4.69) is 15.9 Å². The molecular weight excluding hydrogens is 418 g/mol. The fraction of sp³-hybridized carbons (Fsp3) is 0.211. The summed E-state index contributed by atoms with van der Waals surface area (Å²) in [6.07, 6.45) is -0.0600. The molecule has 142 valence electrons. The third-order valence-corrected chi connectivity index (χ3v) is 4.44. The van der Waals surface area contributed by atoms with Gasteiger partial charge in [-0.25, -0.2) is 9.59 Å². The molecule has 0 saturated carbocycles. The van der Waals surface area contributed by atoms with Gasteiger partial charge in [0, 0.05) is 24.1 Å². The van der Waals surface area contributed by atoms with Gasteiger partial charge in [-0.2, -0.15) is 0 Å². The maximum Gasteiger partial charge on any atom is 0.336 e. The molecule has 0 saturated heterocycles. The smallest absolute Gasteiger partial charge is 0.336 e. The van der Waals surface area contributed by atoms with Crippen molar-refractivity contribution < 1.29 is 29.7 Å². The standard InChI is InChI=1S/C19H18BrNO6/c20-14-4-1-12(2-5-14)10-21(8-7-17(22)23)11-13-3-6-15(18(24)25)16(9-13)19(26)27/h1-6,9H,7-8,10-11H2,(H,22,23)(H,24,25)(H,26,27). The van der Waals surface area contributed by atoms with Crippen molar-refractivity contribution in [2.75, 3.05) is 6.54 Å². The molecule has 0 bridgehead atoms. The molecule has 0 radical (unpaired) electrons. The minimum atomic E-state index is -1.32. The molecule has 0 aliphatic carbocycles. The lowest BCUT2D eigenvalue weighted by Crippen LogP contribution is -2.26. The van der Waals surface area contributed by atoms with E-state index in [9.17, 15) is 19.5 Å². The summed E-state index contributed by atoms with van der Waals surface area (Å²) in [5.74, 6) is -3.56. The van der Waals surface area contributed by atoms with Crippen LogP contribution in [-0.4, -0.2) is 44.7 Å². The number of benzene rings is 2. The van der Waals surface area contributed by atoms with Gasteiger partial charge in [-0.05, 0) is 35.4 Å². The minimum absolute atomic E-state index is 0.0600. The maximum absolute atomic E-state index is 11.3. The number of hydrogen-bond donors (Lipinski definition) is 3. The van der Waals surface area contributed by atoms with Crippen LogP contribution in [-0.2, 0) is 17.9 Å². The van der Waals surface area contributed by atoms with Gasteiger partial charge in [0.25, 0.3) is 0 Å². The Kier molecular flexibility index (Phi) is 7.09. The third-order valence-electron chi connectivity index (χ3n) is 3.91. The quantitative estimate of drug-likeness (QED) is 0.553. The van der Waals surface area contributed by atoms with E-state index in [0.29, 0.717) is 18.7 Å². The van der Waals surface area contributed by atoms with Crippen molar-refractivity contribution in [2.45, 2.75) is 19.5 Å². The molecule has 0 spiro atoms. The molecule has 27 heavy (non-hydrogen) atoms. The van der Waals surface area contributed by atoms with E-state index in [4.69, 9.17) is 10.2 Å². The second-order valence-corrected chi connectivity index (χ2v) is 6.89. The summed E-state index contributed by atoms with van der Waals surface area (Å²) in [6.45, 7) is 1.04. The molecule has 0 unspecified atom stereocenters. The van der Waals surface area contributed by atoms with E-state index < -0.39 is 17.9 Å². The van der Waals surface area contributed by atoms with Crippen molar-refractivity contribution in [1.82, 2.24) is 4.90 Å². The molecule has 0 heterocycles. The SMILES string of the molecule is O=C(O)CCN(Cc1ccc(Br)cc1)Cc1ccc(C(=O)O)c(C(=O)O)c1. The fourth-order valence-electron chi connectivity index (χ4n) is 2.63. The van der Waals surface area contributed by atoms with Gasteiger partial charge in [-0.1, -0.05) is 34.1 Å². The highest BCUT2D eigenvalue weighted by molar-refractivity contribution is 9.10. The van der Waals surface area contributed by atoms with E-state index in [-0.39, 0.29) is 24.1 Å². The summed E-state index contributed by atoms with van der Waals surface area (Å²) in [4.78, 5) is 35.3. The monoisotopic (exact) mass is 435 g/mol. The highest BCUT2D eigenvalue weighted by atomic mass is 79.9. The second-order valence-electron chi connectivity index (χ2n) is 5.97. The van der Waals surface area contributed by atoms with Crippen molar-refractivity contribution in [3.8, 4) is 0 Å². The first-order valence-corrected chi connectivity index (χ1v) is 8.83. The lowest BCUT2D eigenvalue weighted by atomic mass is 10.0. The number of carbonyl (C=O) groups is 3. The first-order chi connectivity index (χ1) is 12.8. The molecule has 0 atom stereocenters. The van der Waals surface area contributed by atoms with Gasteiger partial charge in [-0.15, -0.1) is 0 Å². The number of aliphatic carboxylic acids is 1. The predicted octanol–water partition coefficient (Wildman–Crippen LogP) is 3.32. The van der Waals surface area contributed by atoms with Crippen molar-refractivity contribution in [2.24, 2.45) is 0 Å². The van der Waals surface area contributed by atoms with Crippen LogP contribution in [0.1, 0.15) is 38.3 Å². The number of carboxylic acids is 3. The Bertz CT molecular complexity index is 850. The van der Waals surface area contributed by atoms with Crippen molar-refractivity contribution >= 4 is 33.8 Å². The van der Waals surface area contributed by atoms with E-state index in [1.165, 1.54) is 12.1 Å². The average molecular weight is 436 g/mol. The zero-order chi connectivity index (χ0) is 20.0. The molecule has 0 aromatic heterocycles. The third kappa shape index (κ3) is 6.19. The number of nitrogens with zero attached hydrogens (tertiary/aromatic N) is 1. The first kappa shape index (κ1) is 20.6. The summed E-state index contributed by atoms with van der Waals surface area (Å²) < 4.78 is 0.929. The Balaban J connectivity index is 2.24. The molecule has 2 aromatic carbocycles. The van der Waals surface area contributed by atoms with E-state index in [0.717, 1.165) is 10.0 Å². The van der Waals surface area contributed by atoms with Crippen LogP contribution in [0.25, 0.3) is 0 Å². The molecular formula is C19H18BrNO6. The molecule has 0 amide bonds. The number of halogens is 1. The van der Waals surface area contributed by atoms with Crippen LogP contribution in [0.4, 0.5) is 0 Å². The fourth-order valence-corrected chi connectivity index (χ4v) is 2.89. The molecule has 0 aliphatic heterocycles. The molecule has 0 fully saturated rings. The summed E-state index contributed by atoms with van der Waals surface area (Å²) in [5, 5.41) is 27.3. The predicted molar refractivity (Wildman–Crippen MR) is 101 cm³/mol. The van der Waals surface area contributed by atoms with Gasteiger partial charge in [0.1, 0.15) is 0 Å². The van der Waals surface area contributed by atoms with Crippen LogP contribution in [0.5, 0.6) is 0 Å². The summed E-state index contributed by atoms with van der Waals surface area (Å²) in [5.41, 5.74) is 1.00. The van der Waals surface area contributed by atoms with Crippen LogP contribution in [0.15, 0.2) is 46.9 Å². The zero-order valence-corrected chi connectivity index (χ0v) is 15.8. The molecule has 7 nitrogen and oxygen atoms in total. The number of rotatable bonds is 9. The van der Waals surface area contributed by atoms with Crippen molar-refractivity contribution in [3.05, 3.63) is 69.2 Å². The van der Waals surface area contributed by atoms with Gasteiger partial charge in [0.2, 0.25) is 0 Å². The van der Waals surface area contributed by atoms with Crippen LogP contribution in [0, 0.1) is 0 Å². The maximum atomic E-state index is 11.3. The lowest BCUT2D eigenvalue weighted by Gasteiger charge is -2.22. The number of aromatic carboxylic acids is 2. The Morgan fingerprint density at radius 3 is 1.93 bits per heavy atom. The van der Waals surface area contributed by atoms with Gasteiger partial charge in [-0.3, -0.25) is 9.69 Å². The summed E-state index contributed by atoms with van der Waals surface area (Å²) in [7, 11) is 0. The molecule has 2 aromatic rings. The van der Waals surface area contributed by atoms with Crippen molar-refractivity contribution in [1.29, 1.82) is 0 Å². The van der Waals surface area contributed by atoms with Crippen LogP contribution < -0.4 is 0 Å². The topological polar surface area (TPSA) is 115 Å². The Morgan fingerprint density at radius 2 is 1.37 bits per heavy atom. The highest BCUT2D eigenvalue weighted by Gasteiger charge is 2.17. The molecule has 3 N–H and O–H groups in total. The van der Waals surface area contributed by atoms with Gasteiger partial charge in [0.15, 0.2) is 0 Å². The van der Waals surface area contributed by atoms with Gasteiger partial charge in [0.05, 0.1) is 17.5 Å². The Morgan fingerprint density at radius 1 is 0.815 bits per heavy atom. The van der Waals surface area contributed by atoms with Gasteiger partial charge < -0.3 is 15.3 Å². The first-order valence-electron chi connectivity index (χ1n) is 8.04. The van der Waals surface area contributed by atoms with Crippen LogP contribution in [0.3, 0.4) is 0 Å². The van der Waals surface area contributed by atoms with Crippen LogP contribution in [0.2, 0.25) is 0 Å². The van der Waals surface area contributed by atoms with Gasteiger partial charge >= 0.3 is 17.9 Å². The average Bonchev–Trinajstić information content (AvgIpc) is 2.61. The molecule has 8 heteroatoms. The van der Waals surface area contributed by atoms with Crippen molar-refractivity contribution in [3.63, 3.8) is 0 Å². The van der Waals surface area contributed by atoms with Crippen LogP contribution >= 0.6 is 15.9 Å². The molecule has 2 rings (SSSR count). The largest absolute Gasteiger partial charge is 0.481 e. The molecule has 0 aliphatic rings. The van der Waals surface area contributed by atoms with E-state index in [1.54, 1.807) is 6.07 Å². The number of carboxylic acid groups (broad SMARTS) is 3. The Hall–Kier alpha value is -2.71. The highest BCUT2D eigenvalue weighted by Crippen LogP contribution is 2.17. The van der Waals surface area contributed by atoms with E-state index >= 15 is 0 Å². The summed E-state index contributed by atoms with van der Waals surface area (Å²) >= 11 is 3.36. The Labute approximate surface area is 164 Å². The zero-order valence-electron chi connectivity index (χ0n) is 14.3.